The quantitative estimate of drug-likeness (QED) is 0.783. The van der Waals surface area contributed by atoms with Gasteiger partial charge in [0.25, 0.3) is 0 Å². The van der Waals surface area contributed by atoms with Gasteiger partial charge in [0, 0.05) is 13.6 Å². The number of tetrazole rings is 1. The number of nitrogens with zero attached hydrogens (tertiary/aromatic N) is 4. The monoisotopic (exact) mass is 408 g/mol. The highest BCUT2D eigenvalue weighted by molar-refractivity contribution is 14.1. The smallest absolute Gasteiger partial charge is 0.325 e. The van der Waals surface area contributed by atoms with Crippen molar-refractivity contribution < 1.29 is 9.90 Å². The molecule has 6 nitrogen and oxygen atoms in total. The van der Waals surface area contributed by atoms with Gasteiger partial charge in [0.1, 0.15) is 6.54 Å². The Morgan fingerprint density at radius 1 is 1.53 bits per heavy atom. The maximum absolute atomic E-state index is 10.7. The molecule has 2 aromatic rings. The molecule has 1 aromatic heterocycles. The van der Waals surface area contributed by atoms with Crippen LogP contribution in [0.5, 0.6) is 0 Å². The van der Waals surface area contributed by atoms with E-state index in [9.17, 15) is 4.79 Å². The SMILES string of the molecule is O=C(O)Cn1nnnc1-c1cc(Br)ccc1I. The normalized spacial score (nSPS) is 10.5. The Morgan fingerprint density at radius 3 is 3.00 bits per heavy atom. The number of rotatable bonds is 3. The first-order valence-corrected chi connectivity index (χ1v) is 6.38. The molecule has 2 rings (SSSR count). The van der Waals surface area contributed by atoms with Gasteiger partial charge in [0.05, 0.1) is 0 Å². The molecule has 0 aliphatic rings. The minimum Gasteiger partial charge on any atom is -0.480 e. The first-order valence-electron chi connectivity index (χ1n) is 4.51. The van der Waals surface area contributed by atoms with Crippen LogP contribution in [0.2, 0.25) is 0 Å². The molecule has 0 unspecified atom stereocenters. The molecular formula is C9H6BrIN4O2. The molecule has 1 aromatic carbocycles. The molecule has 88 valence electrons. The second kappa shape index (κ2) is 5.08. The van der Waals surface area contributed by atoms with E-state index in [0.29, 0.717) is 5.82 Å². The van der Waals surface area contributed by atoms with Crippen LogP contribution in [0.15, 0.2) is 22.7 Å². The third-order valence-electron chi connectivity index (χ3n) is 1.99. The summed E-state index contributed by atoms with van der Waals surface area (Å²) in [6.07, 6.45) is 0. The van der Waals surface area contributed by atoms with Crippen molar-refractivity contribution in [2.24, 2.45) is 0 Å². The van der Waals surface area contributed by atoms with Crippen LogP contribution in [0.1, 0.15) is 0 Å². The van der Waals surface area contributed by atoms with E-state index in [2.05, 4.69) is 54.0 Å². The van der Waals surface area contributed by atoms with Gasteiger partial charge in [-0.2, -0.15) is 0 Å². The Balaban J connectivity index is 2.49. The summed E-state index contributed by atoms with van der Waals surface area (Å²) in [7, 11) is 0. The fourth-order valence-electron chi connectivity index (χ4n) is 1.30. The largest absolute Gasteiger partial charge is 0.480 e. The zero-order chi connectivity index (χ0) is 12.4. The van der Waals surface area contributed by atoms with Gasteiger partial charge in [-0.05, 0) is 51.2 Å². The Bertz CT molecular complexity index is 572. The topological polar surface area (TPSA) is 80.9 Å². The number of carboxylic acids is 1. The van der Waals surface area contributed by atoms with Gasteiger partial charge >= 0.3 is 5.97 Å². The van der Waals surface area contributed by atoms with Gasteiger partial charge in [-0.15, -0.1) is 5.10 Å². The van der Waals surface area contributed by atoms with E-state index in [4.69, 9.17) is 5.11 Å². The third-order valence-corrected chi connectivity index (χ3v) is 3.42. The van der Waals surface area contributed by atoms with Crippen LogP contribution >= 0.6 is 38.5 Å². The number of benzene rings is 1. The molecule has 0 amide bonds. The maximum atomic E-state index is 10.7. The molecule has 0 aliphatic heterocycles. The second-order valence-electron chi connectivity index (χ2n) is 3.18. The van der Waals surface area contributed by atoms with Crippen molar-refractivity contribution in [2.45, 2.75) is 6.54 Å². The summed E-state index contributed by atoms with van der Waals surface area (Å²) >= 11 is 5.51. The highest BCUT2D eigenvalue weighted by atomic mass is 127. The van der Waals surface area contributed by atoms with Crippen molar-refractivity contribution in [2.75, 3.05) is 0 Å². The predicted octanol–water partition coefficient (Wildman–Crippen LogP) is 1.79. The van der Waals surface area contributed by atoms with Gasteiger partial charge in [-0.1, -0.05) is 15.9 Å². The zero-order valence-electron chi connectivity index (χ0n) is 8.34. The predicted molar refractivity (Wildman–Crippen MR) is 71.3 cm³/mol. The van der Waals surface area contributed by atoms with E-state index in [-0.39, 0.29) is 6.54 Å². The van der Waals surface area contributed by atoms with Crippen molar-refractivity contribution in [3.8, 4) is 11.4 Å². The van der Waals surface area contributed by atoms with Gasteiger partial charge < -0.3 is 5.11 Å². The van der Waals surface area contributed by atoms with Crippen LogP contribution in [-0.2, 0) is 11.3 Å². The Morgan fingerprint density at radius 2 is 2.29 bits per heavy atom. The minimum absolute atomic E-state index is 0.259. The van der Waals surface area contributed by atoms with Crippen LogP contribution < -0.4 is 0 Å². The lowest BCUT2D eigenvalue weighted by Gasteiger charge is -2.04. The number of aromatic nitrogens is 4. The van der Waals surface area contributed by atoms with Gasteiger partial charge in [-0.3, -0.25) is 4.79 Å². The van der Waals surface area contributed by atoms with Gasteiger partial charge in [0.15, 0.2) is 5.82 Å². The molecular weight excluding hydrogens is 403 g/mol. The molecule has 0 atom stereocenters. The summed E-state index contributed by atoms with van der Waals surface area (Å²) in [6, 6.07) is 5.65. The lowest BCUT2D eigenvalue weighted by molar-refractivity contribution is -0.137. The summed E-state index contributed by atoms with van der Waals surface area (Å²) in [6.45, 7) is -0.259. The third kappa shape index (κ3) is 2.80. The Labute approximate surface area is 118 Å². The van der Waals surface area contributed by atoms with Gasteiger partial charge in [0.2, 0.25) is 0 Å². The number of aliphatic carboxylic acids is 1. The van der Waals surface area contributed by atoms with Crippen LogP contribution in [0.3, 0.4) is 0 Å². The molecule has 0 saturated carbocycles. The van der Waals surface area contributed by atoms with Crippen LogP contribution in [0.4, 0.5) is 0 Å². The van der Waals surface area contributed by atoms with E-state index in [1.54, 1.807) is 0 Å². The summed E-state index contributed by atoms with van der Waals surface area (Å²) in [5, 5.41) is 19.8. The minimum atomic E-state index is -0.983. The number of halogens is 2. The fourth-order valence-corrected chi connectivity index (χ4v) is 2.24. The van der Waals surface area contributed by atoms with Gasteiger partial charge in [-0.25, -0.2) is 4.68 Å². The average Bonchev–Trinajstić information content (AvgIpc) is 2.69. The molecule has 0 spiro atoms. The lowest BCUT2D eigenvalue weighted by atomic mass is 10.2. The summed E-state index contributed by atoms with van der Waals surface area (Å²) in [5.74, 6) is -0.540. The fraction of sp³-hybridized carbons (Fsp3) is 0.111. The van der Waals surface area contributed by atoms with Crippen molar-refractivity contribution in [1.82, 2.24) is 20.2 Å². The lowest BCUT2D eigenvalue weighted by Crippen LogP contribution is -2.12. The second-order valence-corrected chi connectivity index (χ2v) is 5.26. The Hall–Kier alpha value is -1.03. The summed E-state index contributed by atoms with van der Waals surface area (Å²) < 4.78 is 3.09. The average molecular weight is 409 g/mol. The molecule has 0 bridgehead atoms. The highest BCUT2D eigenvalue weighted by Crippen LogP contribution is 2.26. The van der Waals surface area contributed by atoms with Crippen molar-refractivity contribution in [3.63, 3.8) is 0 Å². The van der Waals surface area contributed by atoms with E-state index in [1.807, 2.05) is 18.2 Å². The van der Waals surface area contributed by atoms with E-state index >= 15 is 0 Å². The summed E-state index contributed by atoms with van der Waals surface area (Å²) in [5.41, 5.74) is 0.797. The number of carbonyl (C=O) groups is 1. The zero-order valence-corrected chi connectivity index (χ0v) is 12.1. The first-order chi connectivity index (χ1) is 8.08. The van der Waals surface area contributed by atoms with Crippen LogP contribution in [-0.4, -0.2) is 31.3 Å². The van der Waals surface area contributed by atoms with E-state index in [0.717, 1.165) is 13.6 Å². The molecule has 0 saturated heterocycles. The molecule has 1 heterocycles. The molecule has 8 heteroatoms. The van der Waals surface area contributed by atoms with Crippen LogP contribution in [0, 0.1) is 3.57 Å². The van der Waals surface area contributed by atoms with Crippen LogP contribution in [0.25, 0.3) is 11.4 Å². The molecule has 0 radical (unpaired) electrons. The highest BCUT2D eigenvalue weighted by Gasteiger charge is 2.14. The number of hydrogen-bond donors (Lipinski definition) is 1. The number of carboxylic acid groups (broad SMARTS) is 1. The van der Waals surface area contributed by atoms with Crippen molar-refractivity contribution >= 4 is 44.5 Å². The van der Waals surface area contributed by atoms with Crippen molar-refractivity contribution in [3.05, 3.63) is 26.2 Å². The standard InChI is InChI=1S/C9H6BrIN4O2/c10-5-1-2-7(11)6(3-5)9-12-13-14-15(9)4-8(16)17/h1-3H,4H2,(H,16,17). The molecule has 0 fully saturated rings. The molecule has 1 N–H and O–H groups in total. The first kappa shape index (κ1) is 12.4. The number of hydrogen-bond acceptors (Lipinski definition) is 4. The molecule has 0 aliphatic carbocycles. The maximum Gasteiger partial charge on any atom is 0.325 e. The molecule has 17 heavy (non-hydrogen) atoms. The van der Waals surface area contributed by atoms with E-state index in [1.165, 1.54) is 4.68 Å². The summed E-state index contributed by atoms with van der Waals surface area (Å²) in [4.78, 5) is 10.7. The van der Waals surface area contributed by atoms with E-state index < -0.39 is 5.97 Å². The Kier molecular flexibility index (Phi) is 3.72. The van der Waals surface area contributed by atoms with Crippen molar-refractivity contribution in [1.29, 1.82) is 0 Å².